The fraction of sp³-hybridized carbons (Fsp3) is 0.273. The van der Waals surface area contributed by atoms with Gasteiger partial charge in [-0.15, -0.1) is 0 Å². The highest BCUT2D eigenvalue weighted by Gasteiger charge is 2.13. The molecule has 0 aromatic heterocycles. The van der Waals surface area contributed by atoms with Gasteiger partial charge in [0, 0.05) is 11.6 Å². The van der Waals surface area contributed by atoms with Gasteiger partial charge >= 0.3 is 5.97 Å². The summed E-state index contributed by atoms with van der Waals surface area (Å²) in [4.78, 5) is 24.0. The zero-order chi connectivity index (χ0) is 19.2. The Kier molecular flexibility index (Phi) is 5.91. The van der Waals surface area contributed by atoms with Gasteiger partial charge in [0.1, 0.15) is 0 Å². The van der Waals surface area contributed by atoms with E-state index in [0.29, 0.717) is 23.0 Å². The Hall–Kier alpha value is -3.08. The van der Waals surface area contributed by atoms with Crippen molar-refractivity contribution < 1.29 is 23.8 Å². The summed E-state index contributed by atoms with van der Waals surface area (Å²) >= 11 is 0. The molecule has 1 heterocycles. The number of fused-ring (bicyclic) bond motifs is 1. The lowest BCUT2D eigenvalue weighted by molar-refractivity contribution is -0.136. The average Bonchev–Trinajstić information content (AvgIpc) is 3.17. The first-order valence-electron chi connectivity index (χ1n) is 8.94. The molecule has 27 heavy (non-hydrogen) atoms. The fourth-order valence-electron chi connectivity index (χ4n) is 2.68. The molecule has 1 atom stereocenters. The van der Waals surface area contributed by atoms with Crippen LogP contribution in [0.2, 0.25) is 0 Å². The maximum Gasteiger partial charge on any atom is 0.331 e. The SMILES string of the molecule is CC[C@@H](C)c1ccc(C(=O)COC(=O)/C=C/c2ccc3c(c2)OCO3)cc1. The number of ether oxygens (including phenoxy) is 3. The summed E-state index contributed by atoms with van der Waals surface area (Å²) < 4.78 is 15.6. The van der Waals surface area contributed by atoms with Gasteiger partial charge in [-0.05, 0) is 41.7 Å². The Labute approximate surface area is 158 Å². The molecule has 0 aliphatic carbocycles. The minimum atomic E-state index is -0.572. The van der Waals surface area contributed by atoms with E-state index in [1.807, 2.05) is 12.1 Å². The van der Waals surface area contributed by atoms with E-state index in [0.717, 1.165) is 12.0 Å². The minimum Gasteiger partial charge on any atom is -0.454 e. The molecule has 0 saturated carbocycles. The molecule has 0 spiro atoms. The second kappa shape index (κ2) is 8.54. The van der Waals surface area contributed by atoms with E-state index < -0.39 is 5.97 Å². The molecule has 1 aliphatic heterocycles. The summed E-state index contributed by atoms with van der Waals surface area (Å²) in [6, 6.07) is 12.8. The number of rotatable bonds is 7. The molecule has 5 heteroatoms. The highest BCUT2D eigenvalue weighted by molar-refractivity contribution is 5.98. The lowest BCUT2D eigenvalue weighted by Gasteiger charge is -2.09. The summed E-state index contributed by atoms with van der Waals surface area (Å²) in [6.45, 7) is 4.18. The first kappa shape index (κ1) is 18.7. The highest BCUT2D eigenvalue weighted by atomic mass is 16.7. The summed E-state index contributed by atoms with van der Waals surface area (Å²) in [5, 5.41) is 0. The van der Waals surface area contributed by atoms with E-state index >= 15 is 0 Å². The van der Waals surface area contributed by atoms with Crippen LogP contribution < -0.4 is 9.47 Å². The topological polar surface area (TPSA) is 61.8 Å². The van der Waals surface area contributed by atoms with Crippen LogP contribution in [0.5, 0.6) is 11.5 Å². The number of carbonyl (C=O) groups excluding carboxylic acids is 2. The molecule has 0 radical (unpaired) electrons. The quantitative estimate of drug-likeness (QED) is 0.414. The van der Waals surface area contributed by atoms with Crippen molar-refractivity contribution in [3.8, 4) is 11.5 Å². The molecule has 5 nitrogen and oxygen atoms in total. The molecule has 3 rings (SSSR count). The molecule has 0 bridgehead atoms. The van der Waals surface area contributed by atoms with Gasteiger partial charge in [0.25, 0.3) is 0 Å². The number of Topliss-reactive ketones (excluding diaryl/α,β-unsaturated/α-hetero) is 1. The first-order chi connectivity index (χ1) is 13.1. The largest absolute Gasteiger partial charge is 0.454 e. The van der Waals surface area contributed by atoms with Crippen LogP contribution in [0.3, 0.4) is 0 Å². The average molecular weight is 366 g/mol. The van der Waals surface area contributed by atoms with Gasteiger partial charge in [0.2, 0.25) is 6.79 Å². The fourth-order valence-corrected chi connectivity index (χ4v) is 2.68. The van der Waals surface area contributed by atoms with Crippen LogP contribution in [-0.2, 0) is 9.53 Å². The van der Waals surface area contributed by atoms with Crippen LogP contribution in [0.25, 0.3) is 6.08 Å². The van der Waals surface area contributed by atoms with Crippen molar-refractivity contribution in [1.82, 2.24) is 0 Å². The van der Waals surface area contributed by atoms with Crippen LogP contribution in [-0.4, -0.2) is 25.2 Å². The van der Waals surface area contributed by atoms with Crippen molar-refractivity contribution in [3.05, 3.63) is 65.2 Å². The Morgan fingerprint density at radius 2 is 1.85 bits per heavy atom. The van der Waals surface area contributed by atoms with Crippen LogP contribution in [0, 0.1) is 0 Å². The molecule has 140 valence electrons. The van der Waals surface area contributed by atoms with Gasteiger partial charge in [-0.3, -0.25) is 4.79 Å². The third kappa shape index (κ3) is 4.76. The summed E-state index contributed by atoms with van der Waals surface area (Å²) in [7, 11) is 0. The number of hydrogen-bond donors (Lipinski definition) is 0. The molecule has 0 amide bonds. The second-order valence-electron chi connectivity index (χ2n) is 6.41. The van der Waals surface area contributed by atoms with Crippen molar-refractivity contribution in [2.45, 2.75) is 26.2 Å². The third-order valence-electron chi connectivity index (χ3n) is 4.57. The standard InChI is InChI=1S/C22H22O5/c1-3-15(2)17-6-8-18(9-7-17)19(23)13-25-22(24)11-5-16-4-10-20-21(12-16)27-14-26-20/h4-12,15H,3,13-14H2,1-2H3/b11-5+/t15-/m1/s1. The molecule has 1 aliphatic rings. The number of esters is 1. The van der Waals surface area contributed by atoms with E-state index in [1.54, 1.807) is 36.4 Å². The zero-order valence-corrected chi connectivity index (χ0v) is 15.4. The third-order valence-corrected chi connectivity index (χ3v) is 4.57. The van der Waals surface area contributed by atoms with E-state index in [1.165, 1.54) is 11.6 Å². The van der Waals surface area contributed by atoms with Crippen molar-refractivity contribution in [1.29, 1.82) is 0 Å². The molecule has 0 fully saturated rings. The molecule has 0 N–H and O–H groups in total. The number of carbonyl (C=O) groups is 2. The van der Waals surface area contributed by atoms with Gasteiger partial charge in [0.05, 0.1) is 0 Å². The molecular formula is C22H22O5. The molecular weight excluding hydrogens is 344 g/mol. The lowest BCUT2D eigenvalue weighted by atomic mass is 9.97. The molecule has 0 unspecified atom stereocenters. The molecule has 2 aromatic rings. The normalized spacial score (nSPS) is 13.6. The number of benzene rings is 2. The summed E-state index contributed by atoms with van der Waals surface area (Å²) in [5.74, 6) is 0.974. The Bertz CT molecular complexity index is 852. The Balaban J connectivity index is 1.51. The van der Waals surface area contributed by atoms with Crippen LogP contribution in [0.4, 0.5) is 0 Å². The maximum atomic E-state index is 12.2. The number of hydrogen-bond acceptors (Lipinski definition) is 5. The van der Waals surface area contributed by atoms with Gasteiger partial charge in [-0.25, -0.2) is 4.79 Å². The minimum absolute atomic E-state index is 0.199. The maximum absolute atomic E-state index is 12.2. The monoisotopic (exact) mass is 366 g/mol. The smallest absolute Gasteiger partial charge is 0.331 e. The van der Waals surface area contributed by atoms with Gasteiger partial charge in [-0.2, -0.15) is 0 Å². The van der Waals surface area contributed by atoms with E-state index in [2.05, 4.69) is 13.8 Å². The van der Waals surface area contributed by atoms with Crippen molar-refractivity contribution in [3.63, 3.8) is 0 Å². The van der Waals surface area contributed by atoms with Crippen LogP contribution in [0.1, 0.15) is 47.7 Å². The van der Waals surface area contributed by atoms with Crippen LogP contribution in [0.15, 0.2) is 48.5 Å². The van der Waals surface area contributed by atoms with Gasteiger partial charge in [0.15, 0.2) is 23.9 Å². The first-order valence-corrected chi connectivity index (χ1v) is 8.94. The van der Waals surface area contributed by atoms with E-state index in [-0.39, 0.29) is 19.2 Å². The van der Waals surface area contributed by atoms with E-state index in [9.17, 15) is 9.59 Å². The zero-order valence-electron chi connectivity index (χ0n) is 15.4. The second-order valence-corrected chi connectivity index (χ2v) is 6.41. The predicted octanol–water partition coefficient (Wildman–Crippen LogP) is 4.37. The highest BCUT2D eigenvalue weighted by Crippen LogP contribution is 2.32. The summed E-state index contributed by atoms with van der Waals surface area (Å²) in [5.41, 5.74) is 2.51. The Morgan fingerprint density at radius 3 is 2.59 bits per heavy atom. The Morgan fingerprint density at radius 1 is 1.11 bits per heavy atom. The van der Waals surface area contributed by atoms with Crippen LogP contribution >= 0.6 is 0 Å². The van der Waals surface area contributed by atoms with Crippen molar-refractivity contribution in [2.75, 3.05) is 13.4 Å². The van der Waals surface area contributed by atoms with Crippen molar-refractivity contribution in [2.24, 2.45) is 0 Å². The molecule has 0 saturated heterocycles. The van der Waals surface area contributed by atoms with Gasteiger partial charge in [-0.1, -0.05) is 44.2 Å². The van der Waals surface area contributed by atoms with Crippen molar-refractivity contribution >= 4 is 17.8 Å². The molecule has 2 aromatic carbocycles. The lowest BCUT2D eigenvalue weighted by Crippen LogP contribution is -2.12. The van der Waals surface area contributed by atoms with E-state index in [4.69, 9.17) is 14.2 Å². The van der Waals surface area contributed by atoms with Gasteiger partial charge < -0.3 is 14.2 Å². The predicted molar refractivity (Wildman–Crippen MR) is 102 cm³/mol. The summed E-state index contributed by atoms with van der Waals surface area (Å²) in [6.07, 6.45) is 3.94. The number of ketones is 1.